The molecule has 3 nitrogen and oxygen atoms in total. The molecule has 2 rings (SSSR count). The molecular formula is C14H12F2N2O. The third-order valence-electron chi connectivity index (χ3n) is 2.63. The Bertz CT molecular complexity index is 573. The fraction of sp³-hybridized carbons (Fsp3) is 0.143. The standard InChI is InChI=1S/C14H12F2N2O/c15-12-2-1-10(9-13(12)16)3-8-18-14(19)11-4-6-17-7-5-11/h1-2,4-7,9H,3,8H2,(H,18,19). The summed E-state index contributed by atoms with van der Waals surface area (Å²) in [6.45, 7) is 0.353. The van der Waals surface area contributed by atoms with Gasteiger partial charge in [0, 0.05) is 24.5 Å². The number of halogens is 2. The lowest BCUT2D eigenvalue weighted by molar-refractivity contribution is 0.0954. The molecule has 1 aromatic heterocycles. The van der Waals surface area contributed by atoms with Crippen LogP contribution in [0.15, 0.2) is 42.7 Å². The molecule has 1 aromatic carbocycles. The van der Waals surface area contributed by atoms with Gasteiger partial charge < -0.3 is 5.32 Å². The first-order chi connectivity index (χ1) is 9.16. The van der Waals surface area contributed by atoms with E-state index in [1.54, 1.807) is 12.1 Å². The molecule has 0 saturated carbocycles. The number of carbonyl (C=O) groups excluding carboxylic acids is 1. The summed E-state index contributed by atoms with van der Waals surface area (Å²) in [6, 6.07) is 6.92. The highest BCUT2D eigenvalue weighted by molar-refractivity contribution is 5.93. The van der Waals surface area contributed by atoms with Crippen molar-refractivity contribution in [2.24, 2.45) is 0 Å². The zero-order valence-corrected chi connectivity index (χ0v) is 10.1. The summed E-state index contributed by atoms with van der Waals surface area (Å²) in [7, 11) is 0. The molecule has 0 spiro atoms. The summed E-state index contributed by atoms with van der Waals surface area (Å²) in [5.74, 6) is -1.97. The van der Waals surface area contributed by atoms with Crippen LogP contribution in [0.25, 0.3) is 0 Å². The molecule has 0 aliphatic carbocycles. The van der Waals surface area contributed by atoms with Crippen molar-refractivity contribution in [1.82, 2.24) is 10.3 Å². The largest absolute Gasteiger partial charge is 0.352 e. The van der Waals surface area contributed by atoms with Crippen molar-refractivity contribution in [3.8, 4) is 0 Å². The summed E-state index contributed by atoms with van der Waals surface area (Å²) < 4.78 is 25.7. The van der Waals surface area contributed by atoms with Crippen molar-refractivity contribution in [1.29, 1.82) is 0 Å². The van der Waals surface area contributed by atoms with Crippen LogP contribution >= 0.6 is 0 Å². The fourth-order valence-corrected chi connectivity index (χ4v) is 1.62. The Balaban J connectivity index is 1.87. The topological polar surface area (TPSA) is 42.0 Å². The van der Waals surface area contributed by atoms with Gasteiger partial charge in [-0.1, -0.05) is 6.07 Å². The van der Waals surface area contributed by atoms with E-state index in [-0.39, 0.29) is 5.91 Å². The van der Waals surface area contributed by atoms with E-state index in [1.807, 2.05) is 0 Å². The molecule has 0 fully saturated rings. The minimum absolute atomic E-state index is 0.218. The van der Waals surface area contributed by atoms with Gasteiger partial charge in [-0.25, -0.2) is 8.78 Å². The Morgan fingerprint density at radius 2 is 1.84 bits per heavy atom. The number of amides is 1. The number of hydrogen-bond acceptors (Lipinski definition) is 2. The van der Waals surface area contributed by atoms with E-state index in [0.29, 0.717) is 24.1 Å². The van der Waals surface area contributed by atoms with E-state index in [1.165, 1.54) is 18.5 Å². The maximum atomic E-state index is 13.0. The minimum atomic E-state index is -0.877. The molecule has 19 heavy (non-hydrogen) atoms. The molecule has 5 heteroatoms. The highest BCUT2D eigenvalue weighted by Crippen LogP contribution is 2.08. The van der Waals surface area contributed by atoms with Crippen LogP contribution in [0.1, 0.15) is 15.9 Å². The molecule has 1 amide bonds. The fourth-order valence-electron chi connectivity index (χ4n) is 1.62. The van der Waals surface area contributed by atoms with E-state index in [2.05, 4.69) is 10.3 Å². The summed E-state index contributed by atoms with van der Waals surface area (Å²) in [4.78, 5) is 15.5. The molecular weight excluding hydrogens is 250 g/mol. The number of rotatable bonds is 4. The number of aromatic nitrogens is 1. The summed E-state index contributed by atoms with van der Waals surface area (Å²) in [5.41, 5.74) is 1.15. The third-order valence-corrected chi connectivity index (χ3v) is 2.63. The molecule has 0 aliphatic rings. The van der Waals surface area contributed by atoms with Crippen LogP contribution in [0.5, 0.6) is 0 Å². The lowest BCUT2D eigenvalue weighted by Crippen LogP contribution is -2.25. The lowest BCUT2D eigenvalue weighted by atomic mass is 10.1. The normalized spacial score (nSPS) is 10.2. The zero-order chi connectivity index (χ0) is 13.7. The molecule has 0 atom stereocenters. The van der Waals surface area contributed by atoms with E-state index in [9.17, 15) is 13.6 Å². The predicted molar refractivity (Wildman–Crippen MR) is 66.6 cm³/mol. The Morgan fingerprint density at radius 1 is 1.11 bits per heavy atom. The highest BCUT2D eigenvalue weighted by Gasteiger charge is 2.05. The molecule has 1 N–H and O–H groups in total. The second-order valence-corrected chi connectivity index (χ2v) is 3.99. The van der Waals surface area contributed by atoms with Gasteiger partial charge in [0.25, 0.3) is 5.91 Å². The quantitative estimate of drug-likeness (QED) is 0.918. The van der Waals surface area contributed by atoms with E-state index >= 15 is 0 Å². The molecule has 0 bridgehead atoms. The first kappa shape index (κ1) is 13.1. The minimum Gasteiger partial charge on any atom is -0.352 e. The van der Waals surface area contributed by atoms with Crippen LogP contribution in [0.2, 0.25) is 0 Å². The molecule has 0 unspecified atom stereocenters. The van der Waals surface area contributed by atoms with Crippen LogP contribution in [0.3, 0.4) is 0 Å². The monoisotopic (exact) mass is 262 g/mol. The summed E-state index contributed by atoms with van der Waals surface area (Å²) >= 11 is 0. The van der Waals surface area contributed by atoms with Gasteiger partial charge in [0.15, 0.2) is 11.6 Å². The van der Waals surface area contributed by atoms with Gasteiger partial charge in [-0.3, -0.25) is 9.78 Å². The highest BCUT2D eigenvalue weighted by atomic mass is 19.2. The lowest BCUT2D eigenvalue weighted by Gasteiger charge is -2.05. The van der Waals surface area contributed by atoms with Gasteiger partial charge in [0.1, 0.15) is 0 Å². The van der Waals surface area contributed by atoms with Crippen LogP contribution in [0, 0.1) is 11.6 Å². The Morgan fingerprint density at radius 3 is 2.53 bits per heavy atom. The number of pyridine rings is 1. The summed E-state index contributed by atoms with van der Waals surface area (Å²) in [5, 5.41) is 2.70. The Hall–Kier alpha value is -2.30. The molecule has 98 valence electrons. The van der Waals surface area contributed by atoms with Crippen molar-refractivity contribution in [3.05, 3.63) is 65.5 Å². The van der Waals surface area contributed by atoms with Gasteiger partial charge in [-0.15, -0.1) is 0 Å². The van der Waals surface area contributed by atoms with Crippen LogP contribution in [-0.2, 0) is 6.42 Å². The molecule has 2 aromatic rings. The SMILES string of the molecule is O=C(NCCc1ccc(F)c(F)c1)c1ccncc1. The average molecular weight is 262 g/mol. The molecule has 1 heterocycles. The predicted octanol–water partition coefficient (Wildman–Crippen LogP) is 2.33. The molecule has 0 saturated heterocycles. The van der Waals surface area contributed by atoms with Crippen LogP contribution in [-0.4, -0.2) is 17.4 Å². The van der Waals surface area contributed by atoms with Crippen molar-refractivity contribution in [2.75, 3.05) is 6.54 Å². The van der Waals surface area contributed by atoms with Gasteiger partial charge in [-0.05, 0) is 36.2 Å². The van der Waals surface area contributed by atoms with Gasteiger partial charge in [0.05, 0.1) is 0 Å². The van der Waals surface area contributed by atoms with Crippen molar-refractivity contribution >= 4 is 5.91 Å². The van der Waals surface area contributed by atoms with E-state index in [0.717, 1.165) is 12.1 Å². The number of nitrogens with zero attached hydrogens (tertiary/aromatic N) is 1. The second kappa shape index (κ2) is 6.04. The van der Waals surface area contributed by atoms with Crippen molar-refractivity contribution in [2.45, 2.75) is 6.42 Å². The number of benzene rings is 1. The summed E-state index contributed by atoms with van der Waals surface area (Å²) in [6.07, 6.45) is 3.50. The molecule has 0 aliphatic heterocycles. The number of carbonyl (C=O) groups is 1. The molecule has 0 radical (unpaired) electrons. The van der Waals surface area contributed by atoms with Crippen molar-refractivity contribution < 1.29 is 13.6 Å². The Labute approximate surface area is 109 Å². The van der Waals surface area contributed by atoms with Gasteiger partial charge >= 0.3 is 0 Å². The average Bonchev–Trinajstić information content (AvgIpc) is 2.43. The first-order valence-electron chi connectivity index (χ1n) is 5.79. The third kappa shape index (κ3) is 3.58. The van der Waals surface area contributed by atoms with Gasteiger partial charge in [-0.2, -0.15) is 0 Å². The van der Waals surface area contributed by atoms with Crippen molar-refractivity contribution in [3.63, 3.8) is 0 Å². The Kier molecular flexibility index (Phi) is 4.18. The zero-order valence-electron chi connectivity index (χ0n) is 10.1. The smallest absolute Gasteiger partial charge is 0.251 e. The van der Waals surface area contributed by atoms with E-state index < -0.39 is 11.6 Å². The second-order valence-electron chi connectivity index (χ2n) is 3.99. The maximum absolute atomic E-state index is 13.0. The first-order valence-corrected chi connectivity index (χ1v) is 5.79. The van der Waals surface area contributed by atoms with Crippen LogP contribution in [0.4, 0.5) is 8.78 Å². The van der Waals surface area contributed by atoms with Gasteiger partial charge in [0.2, 0.25) is 0 Å². The number of nitrogens with one attached hydrogen (secondary N) is 1. The maximum Gasteiger partial charge on any atom is 0.251 e. The van der Waals surface area contributed by atoms with Crippen LogP contribution < -0.4 is 5.32 Å². The van der Waals surface area contributed by atoms with E-state index in [4.69, 9.17) is 0 Å². The number of hydrogen-bond donors (Lipinski definition) is 1.